The maximum Gasteiger partial charge on any atom is 0.243 e. The average molecular weight is 606 g/mol. The summed E-state index contributed by atoms with van der Waals surface area (Å²) in [5.41, 5.74) is 5.63. The molecule has 1 aromatic rings. The number of primary amides is 1. The van der Waals surface area contributed by atoms with Gasteiger partial charge in [0, 0.05) is 19.4 Å². The third-order valence-electron chi connectivity index (χ3n) is 5.56. The number of Topliss-reactive ketones (excluding diaryl/α,β-unsaturated/α-hetero) is 1. The van der Waals surface area contributed by atoms with Crippen LogP contribution in [0.15, 0.2) is 30.3 Å². The number of carbonyl (C=O) groups is 8. The molecule has 0 heterocycles. The van der Waals surface area contributed by atoms with E-state index >= 15 is 0 Å². The third-order valence-corrected chi connectivity index (χ3v) is 5.56. The Hall–Kier alpha value is -4.86. The second kappa shape index (κ2) is 21.8. The zero-order valence-electron chi connectivity index (χ0n) is 23.8. The monoisotopic (exact) mass is 605 g/mol. The van der Waals surface area contributed by atoms with Crippen molar-refractivity contribution in [1.29, 1.82) is 0 Å². The predicted octanol–water partition coefficient (Wildman–Crippen LogP) is -3.10. The molecule has 0 unspecified atom stereocenters. The Kier molecular flexibility index (Phi) is 18.4. The number of ketones is 1. The van der Waals surface area contributed by atoms with Crippen LogP contribution in [0.5, 0.6) is 0 Å². The standard InChI is InChI=1S/C27H39N7O9/c28-22(37)12-20(36)16-43-18-33-25(40)14-32-27(42)21(11-19-7-3-1-4-8-19)34-26(41)15-31-24(39)13-30-23(38)9-5-2-6-10-29-17-35/h1,3-4,7-8,17,21H,2,5-6,9-16,18H2,(H2,28,37)(H,29,35)(H,30,38)(H,31,39)(H,32,42)(H,33,40)(H,34,41)/t21-/m0/s1. The number of benzene rings is 1. The number of amides is 7. The van der Waals surface area contributed by atoms with Gasteiger partial charge in [0.25, 0.3) is 0 Å². The molecule has 0 radical (unpaired) electrons. The van der Waals surface area contributed by atoms with Crippen molar-refractivity contribution in [3.8, 4) is 0 Å². The number of nitrogens with two attached hydrogens (primary N) is 1. The van der Waals surface area contributed by atoms with Crippen LogP contribution >= 0.6 is 0 Å². The van der Waals surface area contributed by atoms with Crippen molar-refractivity contribution in [2.45, 2.75) is 44.6 Å². The molecule has 0 aliphatic carbocycles. The highest BCUT2D eigenvalue weighted by atomic mass is 16.5. The van der Waals surface area contributed by atoms with E-state index in [-0.39, 0.29) is 32.0 Å². The smallest absolute Gasteiger partial charge is 0.243 e. The molecule has 16 nitrogen and oxygen atoms in total. The zero-order chi connectivity index (χ0) is 31.9. The van der Waals surface area contributed by atoms with Gasteiger partial charge in [0.05, 0.1) is 26.1 Å². The van der Waals surface area contributed by atoms with E-state index in [1.54, 1.807) is 30.3 Å². The SMILES string of the molecule is NC(=O)CC(=O)COCNC(=O)CNC(=O)[C@H](Cc1ccccc1)NC(=O)CNC(=O)CNC(=O)CCCCCNC=O. The van der Waals surface area contributed by atoms with E-state index in [1.807, 2.05) is 0 Å². The third kappa shape index (κ3) is 19.0. The quantitative estimate of drug-likeness (QED) is 0.0289. The van der Waals surface area contributed by atoms with Gasteiger partial charge in [-0.3, -0.25) is 38.4 Å². The fraction of sp³-hybridized carbons (Fsp3) is 0.481. The molecule has 0 saturated heterocycles. The highest BCUT2D eigenvalue weighted by molar-refractivity contribution is 5.98. The van der Waals surface area contributed by atoms with E-state index in [4.69, 9.17) is 10.5 Å². The summed E-state index contributed by atoms with van der Waals surface area (Å²) >= 11 is 0. The minimum Gasteiger partial charge on any atom is -0.369 e. The van der Waals surface area contributed by atoms with Crippen LogP contribution in [0.25, 0.3) is 0 Å². The van der Waals surface area contributed by atoms with Crippen molar-refractivity contribution >= 4 is 47.6 Å². The van der Waals surface area contributed by atoms with Gasteiger partial charge < -0.3 is 42.4 Å². The van der Waals surface area contributed by atoms with Crippen LogP contribution in [0.3, 0.4) is 0 Å². The molecule has 236 valence electrons. The number of carbonyl (C=O) groups excluding carboxylic acids is 8. The first-order valence-electron chi connectivity index (χ1n) is 13.6. The molecule has 8 N–H and O–H groups in total. The molecule has 0 bridgehead atoms. The molecule has 7 amide bonds. The number of ether oxygens (including phenoxy) is 1. The minimum absolute atomic E-state index is 0.0975. The van der Waals surface area contributed by atoms with Crippen LogP contribution in [-0.4, -0.2) is 93.2 Å². The summed E-state index contributed by atoms with van der Waals surface area (Å²) in [6, 6.07) is 7.72. The summed E-state index contributed by atoms with van der Waals surface area (Å²) in [5.74, 6) is -4.24. The second-order valence-electron chi connectivity index (χ2n) is 9.24. The molecule has 0 aliphatic heterocycles. The average Bonchev–Trinajstić information content (AvgIpc) is 2.97. The van der Waals surface area contributed by atoms with Crippen molar-refractivity contribution in [1.82, 2.24) is 31.9 Å². The molecule has 0 saturated carbocycles. The lowest BCUT2D eigenvalue weighted by Crippen LogP contribution is -2.52. The van der Waals surface area contributed by atoms with Crippen molar-refractivity contribution in [2.75, 3.05) is 39.5 Å². The van der Waals surface area contributed by atoms with Gasteiger partial charge in [0.2, 0.25) is 41.9 Å². The van der Waals surface area contributed by atoms with Gasteiger partial charge in [-0.15, -0.1) is 0 Å². The second-order valence-corrected chi connectivity index (χ2v) is 9.24. The Morgan fingerprint density at radius 1 is 0.791 bits per heavy atom. The summed E-state index contributed by atoms with van der Waals surface area (Å²) in [6.07, 6.45) is 2.50. The van der Waals surface area contributed by atoms with Gasteiger partial charge in [-0.05, 0) is 18.4 Å². The lowest BCUT2D eigenvalue weighted by Gasteiger charge is -2.19. The fourth-order valence-corrected chi connectivity index (χ4v) is 3.46. The molecule has 0 aromatic heterocycles. The Morgan fingerprint density at radius 3 is 2.14 bits per heavy atom. The maximum absolute atomic E-state index is 12.8. The van der Waals surface area contributed by atoms with E-state index in [0.717, 1.165) is 18.4 Å². The van der Waals surface area contributed by atoms with E-state index in [9.17, 15) is 38.4 Å². The largest absolute Gasteiger partial charge is 0.369 e. The molecule has 0 spiro atoms. The van der Waals surface area contributed by atoms with Gasteiger partial charge >= 0.3 is 0 Å². The van der Waals surface area contributed by atoms with Gasteiger partial charge in [-0.1, -0.05) is 36.8 Å². The first-order valence-corrected chi connectivity index (χ1v) is 13.6. The van der Waals surface area contributed by atoms with Crippen molar-refractivity contribution in [3.63, 3.8) is 0 Å². The number of hydrogen-bond donors (Lipinski definition) is 7. The number of rotatable bonds is 23. The fourth-order valence-electron chi connectivity index (χ4n) is 3.46. The molecule has 0 aliphatic rings. The highest BCUT2D eigenvalue weighted by Gasteiger charge is 2.22. The lowest BCUT2D eigenvalue weighted by molar-refractivity contribution is -0.132. The van der Waals surface area contributed by atoms with Crippen LogP contribution in [0, 0.1) is 0 Å². The summed E-state index contributed by atoms with van der Waals surface area (Å²) in [6.45, 7) is -1.48. The van der Waals surface area contributed by atoms with Crippen molar-refractivity contribution in [3.05, 3.63) is 35.9 Å². The first-order chi connectivity index (χ1) is 20.6. The Balaban J connectivity index is 2.46. The summed E-state index contributed by atoms with van der Waals surface area (Å²) in [4.78, 5) is 93.5. The summed E-state index contributed by atoms with van der Waals surface area (Å²) < 4.78 is 4.93. The van der Waals surface area contributed by atoms with E-state index in [1.165, 1.54) is 0 Å². The van der Waals surface area contributed by atoms with Gasteiger partial charge in [0.1, 0.15) is 19.4 Å². The van der Waals surface area contributed by atoms with E-state index < -0.39 is 67.5 Å². The predicted molar refractivity (Wildman–Crippen MR) is 151 cm³/mol. The van der Waals surface area contributed by atoms with Gasteiger partial charge in [0.15, 0.2) is 5.78 Å². The van der Waals surface area contributed by atoms with Crippen LogP contribution in [0.1, 0.15) is 37.7 Å². The normalized spacial score (nSPS) is 10.9. The molecular formula is C27H39N7O9. The van der Waals surface area contributed by atoms with Crippen LogP contribution in [0.4, 0.5) is 0 Å². The first kappa shape index (κ1) is 36.2. The highest BCUT2D eigenvalue weighted by Crippen LogP contribution is 2.04. The molecule has 16 heteroatoms. The molecule has 1 atom stereocenters. The molecule has 1 rings (SSSR count). The topological polar surface area (TPSA) is 244 Å². The number of hydrogen-bond acceptors (Lipinski definition) is 9. The van der Waals surface area contributed by atoms with Crippen LogP contribution < -0.4 is 37.6 Å². The van der Waals surface area contributed by atoms with Crippen molar-refractivity contribution in [2.24, 2.45) is 5.73 Å². The Morgan fingerprint density at radius 2 is 1.44 bits per heavy atom. The van der Waals surface area contributed by atoms with Crippen LogP contribution in [-0.2, 0) is 49.5 Å². The minimum atomic E-state index is -1.08. The Labute approximate surface area is 248 Å². The summed E-state index contributed by atoms with van der Waals surface area (Å²) in [7, 11) is 0. The lowest BCUT2D eigenvalue weighted by atomic mass is 10.1. The number of unbranched alkanes of at least 4 members (excludes halogenated alkanes) is 2. The zero-order valence-corrected chi connectivity index (χ0v) is 23.8. The Bertz CT molecular complexity index is 1100. The number of nitrogens with one attached hydrogen (secondary N) is 6. The molecule has 1 aromatic carbocycles. The maximum atomic E-state index is 12.8. The molecular weight excluding hydrogens is 566 g/mol. The molecule has 43 heavy (non-hydrogen) atoms. The van der Waals surface area contributed by atoms with E-state index in [2.05, 4.69) is 31.9 Å². The van der Waals surface area contributed by atoms with Gasteiger partial charge in [-0.25, -0.2) is 0 Å². The van der Waals surface area contributed by atoms with Gasteiger partial charge in [-0.2, -0.15) is 0 Å². The van der Waals surface area contributed by atoms with Crippen LogP contribution in [0.2, 0.25) is 0 Å². The summed E-state index contributed by atoms with van der Waals surface area (Å²) in [5, 5.41) is 14.6. The van der Waals surface area contributed by atoms with Crippen molar-refractivity contribution < 1.29 is 43.1 Å². The molecule has 0 fully saturated rings. The van der Waals surface area contributed by atoms with E-state index in [0.29, 0.717) is 19.4 Å².